The number of unbranched alkanes of at least 4 members (excludes halogenated alkanes) is 28. The Morgan fingerprint density at radius 3 is 0.865 bits per heavy atom. The van der Waals surface area contributed by atoms with Crippen molar-refractivity contribution in [2.24, 2.45) is 0 Å². The van der Waals surface area contributed by atoms with E-state index >= 15 is 8.78 Å². The Bertz CT molecular complexity index is 2320. The van der Waals surface area contributed by atoms with Gasteiger partial charge in [-0.15, -0.1) is 0 Å². The van der Waals surface area contributed by atoms with Crippen LogP contribution in [-0.2, 0) is 10.8 Å². The third kappa shape index (κ3) is 13.2. The molecule has 0 fully saturated rings. The monoisotopic (exact) mass is 1150 g/mol. The Balaban J connectivity index is 1.44. The van der Waals surface area contributed by atoms with Crippen molar-refractivity contribution in [1.82, 2.24) is 15.9 Å². The van der Waals surface area contributed by atoms with Crippen LogP contribution in [0.2, 0.25) is 0 Å². The van der Waals surface area contributed by atoms with Crippen LogP contribution in [0.3, 0.4) is 0 Å². The maximum atomic E-state index is 19.7. The van der Waals surface area contributed by atoms with Crippen molar-refractivity contribution >= 4 is 77.2 Å². The number of benzene rings is 3. The van der Waals surface area contributed by atoms with Crippen LogP contribution in [-0.4, -0.2) is 80.2 Å². The van der Waals surface area contributed by atoms with Crippen LogP contribution in [0.1, 0.15) is 281 Å². The van der Waals surface area contributed by atoms with E-state index in [1.807, 2.05) is 12.1 Å². The molecule has 0 spiro atoms. The summed E-state index contributed by atoms with van der Waals surface area (Å²) in [5.41, 5.74) is 4.36. The third-order valence-electron chi connectivity index (χ3n) is 17.4. The van der Waals surface area contributed by atoms with Gasteiger partial charge in [-0.2, -0.15) is 0 Å². The van der Waals surface area contributed by atoms with E-state index in [0.29, 0.717) is 70.0 Å². The van der Waals surface area contributed by atoms with Crippen LogP contribution >= 0.6 is 0 Å². The van der Waals surface area contributed by atoms with Gasteiger partial charge in [0.05, 0.1) is 0 Å². The molecule has 0 saturated heterocycles. The van der Waals surface area contributed by atoms with Gasteiger partial charge in [0, 0.05) is 0 Å². The van der Waals surface area contributed by atoms with E-state index in [4.69, 9.17) is 15.9 Å². The molecule has 406 valence electrons. The predicted molar refractivity (Wildman–Crippen MR) is 307 cm³/mol. The molecule has 0 saturated carbocycles. The Morgan fingerprint density at radius 1 is 0.365 bits per heavy atom. The Hall–Kier alpha value is -2.27. The molecule has 0 radical (unpaired) electrons. The molecule has 5 aromatic rings. The Labute approximate surface area is 457 Å². The van der Waals surface area contributed by atoms with Gasteiger partial charge in [0.25, 0.3) is 0 Å². The molecule has 2 aliphatic rings. The molecular weight excluding hydrogens is 1060 g/mol. The summed E-state index contributed by atoms with van der Waals surface area (Å²) in [6, 6.07) is 3.70. The van der Waals surface area contributed by atoms with E-state index < -0.39 is 66.6 Å². The first-order chi connectivity index (χ1) is 36.1. The molecule has 2 heterocycles. The molecule has 3 aromatic carbocycles. The van der Waals surface area contributed by atoms with Crippen LogP contribution in [0.5, 0.6) is 0 Å². The van der Waals surface area contributed by atoms with Gasteiger partial charge in [-0.05, 0) is 0 Å². The zero-order valence-corrected chi connectivity index (χ0v) is 49.3. The number of aromatic nitrogens is 4. The van der Waals surface area contributed by atoms with Crippen LogP contribution < -0.4 is 10.9 Å². The van der Waals surface area contributed by atoms with E-state index in [-0.39, 0.29) is 22.1 Å². The number of hydrogen-bond donors (Lipinski definition) is 4. The van der Waals surface area contributed by atoms with Crippen molar-refractivity contribution in [1.29, 1.82) is 0 Å². The van der Waals surface area contributed by atoms with Crippen LogP contribution in [0.15, 0.2) is 12.1 Å². The zero-order valence-electron chi connectivity index (χ0n) is 45.9. The van der Waals surface area contributed by atoms with Gasteiger partial charge in [-0.25, -0.2) is 0 Å². The van der Waals surface area contributed by atoms with Crippen LogP contribution in [0.25, 0.3) is 44.3 Å². The summed E-state index contributed by atoms with van der Waals surface area (Å²) in [4.78, 5) is 0. The second-order valence-electron chi connectivity index (χ2n) is 22.6. The quantitative estimate of drug-likeness (QED) is 0.0227. The van der Waals surface area contributed by atoms with Gasteiger partial charge in [0.1, 0.15) is 0 Å². The summed E-state index contributed by atoms with van der Waals surface area (Å²) in [6.07, 6.45) is 37.9. The molecule has 4 N–H and O–H groups in total. The molecule has 0 unspecified atom stereocenters. The van der Waals surface area contributed by atoms with Crippen molar-refractivity contribution in [2.45, 2.75) is 270 Å². The summed E-state index contributed by atoms with van der Waals surface area (Å²) in [7, 11) is -3.64. The molecule has 14 heteroatoms. The molecule has 2 aliphatic carbocycles. The standard InChI is InChI=1S/C60H90B2F2N4O4Se2/c1-5-9-13-17-21-25-29-33-37-59(38-34-30-26-22-18-14-10-6-2)43-41-45(61(69)70)55-57(67-73-65-55)47(43)49-51(59)53(63)50-48-44(42-46(62(71)72)56-58(48)68-74-66-56)60(52(50)54(49)64,39-35-31-27-23-19-15-11-7-3)40-36-32-28-24-20-16-12-8-4/h41-42,69-72H,5-40H2,1-4H3. The summed E-state index contributed by atoms with van der Waals surface area (Å²) in [5.74, 6) is -0.813. The normalized spacial score (nSPS) is 14.1. The van der Waals surface area contributed by atoms with E-state index in [9.17, 15) is 20.1 Å². The minimum atomic E-state index is -1.82. The number of hydrogen-bond acceptors (Lipinski definition) is 8. The molecule has 0 atom stereocenters. The minimum Gasteiger partial charge on any atom is -0.0654 e. The molecule has 74 heavy (non-hydrogen) atoms. The van der Waals surface area contributed by atoms with Gasteiger partial charge >= 0.3 is 381 Å². The average molecular weight is 1150 g/mol. The van der Waals surface area contributed by atoms with Gasteiger partial charge in [-0.3, -0.25) is 0 Å². The molecule has 0 aliphatic heterocycles. The molecule has 0 bridgehead atoms. The van der Waals surface area contributed by atoms with Gasteiger partial charge in [-0.1, -0.05) is 79.1 Å². The maximum absolute atomic E-state index is 19.7. The molecule has 8 nitrogen and oxygen atoms in total. The fourth-order valence-corrected chi connectivity index (χ4v) is 15.9. The number of rotatable bonds is 38. The second kappa shape index (κ2) is 29.6. The Morgan fingerprint density at radius 2 is 0.608 bits per heavy atom. The predicted octanol–water partition coefficient (Wildman–Crippen LogP) is 14.0. The zero-order chi connectivity index (χ0) is 52.5. The van der Waals surface area contributed by atoms with Gasteiger partial charge < -0.3 is 0 Å². The average Bonchev–Trinajstić information content (AvgIpc) is 4.19. The first-order valence-corrected chi connectivity index (χ1v) is 33.1. The fourth-order valence-electron chi connectivity index (χ4n) is 13.4. The fraction of sp³-hybridized carbons (Fsp3) is 0.700. The first-order valence-electron chi connectivity index (χ1n) is 30.0. The SMILES string of the molecule is CCCCCCCCCCC1(CCCCCCCCCC)c2cc(B(O)O)c3n[se]nc3c2-c2c(F)c3c(c(F)c21)-c1c(cc(B(O)O)c2n[se]nc12)C3(CCCCCCCCCC)CCCCCCCCCC. The smallest absolute Gasteiger partial charge is 0.0654 e. The van der Waals surface area contributed by atoms with Crippen LogP contribution in [0, 0.1) is 11.6 Å². The summed E-state index contributed by atoms with van der Waals surface area (Å²) in [6.45, 7) is 8.95. The van der Waals surface area contributed by atoms with Crippen molar-refractivity contribution in [2.75, 3.05) is 0 Å². The van der Waals surface area contributed by atoms with E-state index in [1.54, 1.807) is 0 Å². The molecular formula is C60H90B2F2N4O4Se2. The molecule has 0 amide bonds. The Kier molecular flexibility index (Phi) is 23.8. The number of halogens is 2. The summed E-state index contributed by atoms with van der Waals surface area (Å²) in [5, 5.41) is 44.2. The van der Waals surface area contributed by atoms with Crippen LogP contribution in [0.4, 0.5) is 8.78 Å². The van der Waals surface area contributed by atoms with Gasteiger partial charge in [0.15, 0.2) is 0 Å². The van der Waals surface area contributed by atoms with Crippen molar-refractivity contribution in [3.05, 3.63) is 46.0 Å². The van der Waals surface area contributed by atoms with Crippen molar-refractivity contribution in [3.8, 4) is 22.3 Å². The van der Waals surface area contributed by atoms with E-state index in [2.05, 4.69) is 27.7 Å². The summed E-state index contributed by atoms with van der Waals surface area (Å²) >= 11 is -1.18. The number of fused-ring (bicyclic) bond motifs is 10. The first kappa shape index (κ1) is 59.4. The summed E-state index contributed by atoms with van der Waals surface area (Å²) < 4.78 is 58.8. The van der Waals surface area contributed by atoms with E-state index in [1.165, 1.54) is 103 Å². The molecule has 7 rings (SSSR count). The van der Waals surface area contributed by atoms with E-state index in [0.717, 1.165) is 114 Å². The minimum absolute atomic E-state index is 0.263. The third-order valence-corrected chi connectivity index (χ3v) is 19.6. The second-order valence-corrected chi connectivity index (χ2v) is 24.9. The van der Waals surface area contributed by atoms with Gasteiger partial charge in [0.2, 0.25) is 0 Å². The topological polar surface area (TPSA) is 132 Å². The van der Waals surface area contributed by atoms with Crippen molar-refractivity contribution in [3.63, 3.8) is 0 Å². The number of nitrogens with zero attached hydrogens (tertiary/aromatic N) is 4. The molecule has 2 aromatic heterocycles. The van der Waals surface area contributed by atoms with Crippen molar-refractivity contribution < 1.29 is 28.9 Å².